The van der Waals surface area contributed by atoms with Gasteiger partial charge in [-0.25, -0.2) is 0 Å². The molecule has 1 rings (SSSR count). The Balaban J connectivity index is 2.75. The predicted molar refractivity (Wildman–Crippen MR) is 35.9 cm³/mol. The number of carbonyl (C=O) groups is 2. The number of methoxy groups -OCH3 is 1. The molecule has 0 unspecified atom stereocenters. The molecule has 4 nitrogen and oxygen atoms in total. The Labute approximate surface area is 64.5 Å². The summed E-state index contributed by atoms with van der Waals surface area (Å²) in [4.78, 5) is 22.0. The van der Waals surface area contributed by atoms with E-state index in [1.807, 2.05) is 0 Å². The largest absolute Gasteiger partial charge is 0.468 e. The molecule has 0 saturated carbocycles. The van der Waals surface area contributed by atoms with Gasteiger partial charge in [-0.1, -0.05) is 0 Å². The van der Waals surface area contributed by atoms with Gasteiger partial charge in [0.2, 0.25) is 0 Å². The fourth-order valence-electron chi connectivity index (χ4n) is 0.966. The van der Waals surface area contributed by atoms with E-state index in [1.165, 1.54) is 14.0 Å². The van der Waals surface area contributed by atoms with Crippen LogP contribution in [0, 0.1) is 5.41 Å². The summed E-state index contributed by atoms with van der Waals surface area (Å²) in [5, 5.41) is 0. The predicted octanol–water partition coefficient (Wildman–Crippen LogP) is -0.235. The van der Waals surface area contributed by atoms with E-state index in [4.69, 9.17) is 4.74 Å². The SMILES string of the molecule is COC(=O)C1(C(C)=O)COC1. The fraction of sp³-hybridized carbons (Fsp3) is 0.714. The maximum Gasteiger partial charge on any atom is 0.324 e. The Hall–Kier alpha value is -0.900. The molecule has 0 atom stereocenters. The Morgan fingerprint density at radius 1 is 1.45 bits per heavy atom. The molecule has 4 heteroatoms. The van der Waals surface area contributed by atoms with Crippen LogP contribution in [0.25, 0.3) is 0 Å². The lowest BCUT2D eigenvalue weighted by atomic mass is 9.82. The molecular weight excluding hydrogens is 148 g/mol. The standard InChI is InChI=1S/C7H10O4/c1-5(8)7(3-11-4-7)6(9)10-2/h3-4H2,1-2H3. The topological polar surface area (TPSA) is 52.6 Å². The van der Waals surface area contributed by atoms with Crippen LogP contribution in [0.1, 0.15) is 6.92 Å². The van der Waals surface area contributed by atoms with Crippen LogP contribution in [0.15, 0.2) is 0 Å². The third-order valence-electron chi connectivity index (χ3n) is 1.95. The summed E-state index contributed by atoms with van der Waals surface area (Å²) in [5.74, 6) is -0.674. The summed E-state index contributed by atoms with van der Waals surface area (Å²) in [7, 11) is 1.27. The molecule has 0 aromatic carbocycles. The Kier molecular flexibility index (Phi) is 1.95. The normalized spacial score (nSPS) is 20.2. The van der Waals surface area contributed by atoms with Gasteiger partial charge in [0.25, 0.3) is 0 Å². The summed E-state index contributed by atoms with van der Waals surface area (Å²) in [5.41, 5.74) is -0.991. The summed E-state index contributed by atoms with van der Waals surface area (Å²) in [6, 6.07) is 0. The van der Waals surface area contributed by atoms with Crippen LogP contribution in [0.5, 0.6) is 0 Å². The van der Waals surface area contributed by atoms with E-state index in [2.05, 4.69) is 4.74 Å². The lowest BCUT2D eigenvalue weighted by molar-refractivity contribution is -0.185. The first-order chi connectivity index (χ1) is 5.13. The smallest absolute Gasteiger partial charge is 0.324 e. The third kappa shape index (κ3) is 1.03. The number of rotatable bonds is 2. The highest BCUT2D eigenvalue weighted by Crippen LogP contribution is 2.29. The molecule has 0 spiro atoms. The Morgan fingerprint density at radius 3 is 2.09 bits per heavy atom. The zero-order chi connectivity index (χ0) is 8.48. The molecule has 62 valence electrons. The molecular formula is C7H10O4. The average Bonchev–Trinajstić information content (AvgIpc) is 1.84. The van der Waals surface area contributed by atoms with Gasteiger partial charge in [0.1, 0.15) is 0 Å². The van der Waals surface area contributed by atoms with Crippen molar-refractivity contribution in [3.8, 4) is 0 Å². The van der Waals surface area contributed by atoms with Crippen molar-refractivity contribution in [3.05, 3.63) is 0 Å². The molecule has 0 radical (unpaired) electrons. The van der Waals surface area contributed by atoms with Crippen LogP contribution in [-0.2, 0) is 19.1 Å². The second-order valence-electron chi connectivity index (χ2n) is 2.62. The molecule has 0 N–H and O–H groups in total. The zero-order valence-corrected chi connectivity index (χ0v) is 6.55. The summed E-state index contributed by atoms with van der Waals surface area (Å²) < 4.78 is 9.28. The van der Waals surface area contributed by atoms with Gasteiger partial charge in [-0.15, -0.1) is 0 Å². The van der Waals surface area contributed by atoms with Crippen LogP contribution in [-0.4, -0.2) is 32.1 Å². The lowest BCUT2D eigenvalue weighted by Crippen LogP contribution is -2.54. The molecule has 11 heavy (non-hydrogen) atoms. The molecule has 0 aliphatic carbocycles. The highest BCUT2D eigenvalue weighted by atomic mass is 16.5. The number of hydrogen-bond donors (Lipinski definition) is 0. The Morgan fingerprint density at radius 2 is 2.00 bits per heavy atom. The lowest BCUT2D eigenvalue weighted by Gasteiger charge is -2.35. The van der Waals surface area contributed by atoms with E-state index in [-0.39, 0.29) is 19.0 Å². The quantitative estimate of drug-likeness (QED) is 0.411. The molecule has 1 heterocycles. The van der Waals surface area contributed by atoms with Crippen molar-refractivity contribution in [3.63, 3.8) is 0 Å². The van der Waals surface area contributed by atoms with Crippen molar-refractivity contribution in [2.45, 2.75) is 6.92 Å². The number of ether oxygens (including phenoxy) is 2. The molecule has 1 saturated heterocycles. The van der Waals surface area contributed by atoms with E-state index in [0.29, 0.717) is 0 Å². The van der Waals surface area contributed by atoms with Gasteiger partial charge >= 0.3 is 5.97 Å². The first-order valence-electron chi connectivity index (χ1n) is 3.31. The van der Waals surface area contributed by atoms with Gasteiger partial charge in [0, 0.05) is 0 Å². The van der Waals surface area contributed by atoms with Crippen LogP contribution in [0.3, 0.4) is 0 Å². The maximum atomic E-state index is 11.0. The minimum absolute atomic E-state index is 0.162. The van der Waals surface area contributed by atoms with Crippen LogP contribution in [0.4, 0.5) is 0 Å². The van der Waals surface area contributed by atoms with Crippen LogP contribution in [0.2, 0.25) is 0 Å². The van der Waals surface area contributed by atoms with Gasteiger partial charge in [-0.2, -0.15) is 0 Å². The Bertz CT molecular complexity index is 193. The summed E-state index contributed by atoms with van der Waals surface area (Å²) in [6.07, 6.45) is 0. The van der Waals surface area contributed by atoms with Gasteiger partial charge in [-0.3, -0.25) is 9.59 Å². The van der Waals surface area contributed by atoms with Crippen LogP contribution < -0.4 is 0 Å². The second kappa shape index (κ2) is 2.62. The molecule has 1 aliphatic rings. The minimum Gasteiger partial charge on any atom is -0.468 e. The number of carbonyl (C=O) groups excluding carboxylic acids is 2. The van der Waals surface area contributed by atoms with Gasteiger partial charge in [0.05, 0.1) is 20.3 Å². The highest BCUT2D eigenvalue weighted by molar-refractivity contribution is 6.03. The minimum atomic E-state index is -0.991. The number of esters is 1. The molecule has 0 aromatic rings. The van der Waals surface area contributed by atoms with Crippen molar-refractivity contribution in [1.29, 1.82) is 0 Å². The van der Waals surface area contributed by atoms with Gasteiger partial charge in [0.15, 0.2) is 11.2 Å². The van der Waals surface area contributed by atoms with E-state index in [0.717, 1.165) is 0 Å². The van der Waals surface area contributed by atoms with Crippen LogP contribution >= 0.6 is 0 Å². The van der Waals surface area contributed by atoms with Gasteiger partial charge < -0.3 is 9.47 Å². The average molecular weight is 158 g/mol. The molecule has 0 amide bonds. The summed E-state index contributed by atoms with van der Waals surface area (Å²) in [6.45, 7) is 1.70. The molecule has 0 bridgehead atoms. The number of hydrogen-bond acceptors (Lipinski definition) is 4. The molecule has 1 fully saturated rings. The van der Waals surface area contributed by atoms with E-state index in [9.17, 15) is 9.59 Å². The first kappa shape index (κ1) is 8.20. The van der Waals surface area contributed by atoms with Crippen molar-refractivity contribution in [2.75, 3.05) is 20.3 Å². The van der Waals surface area contributed by atoms with Crippen molar-refractivity contribution < 1.29 is 19.1 Å². The summed E-state index contributed by atoms with van der Waals surface area (Å²) >= 11 is 0. The molecule has 1 aliphatic heterocycles. The zero-order valence-electron chi connectivity index (χ0n) is 6.55. The number of ketones is 1. The molecule has 0 aromatic heterocycles. The van der Waals surface area contributed by atoms with Crippen molar-refractivity contribution >= 4 is 11.8 Å². The van der Waals surface area contributed by atoms with E-state index >= 15 is 0 Å². The van der Waals surface area contributed by atoms with E-state index in [1.54, 1.807) is 0 Å². The highest BCUT2D eigenvalue weighted by Gasteiger charge is 2.51. The third-order valence-corrected chi connectivity index (χ3v) is 1.95. The van der Waals surface area contributed by atoms with Crippen molar-refractivity contribution in [2.24, 2.45) is 5.41 Å². The van der Waals surface area contributed by atoms with Crippen molar-refractivity contribution in [1.82, 2.24) is 0 Å². The monoisotopic (exact) mass is 158 g/mol. The van der Waals surface area contributed by atoms with Gasteiger partial charge in [-0.05, 0) is 6.92 Å². The fourth-order valence-corrected chi connectivity index (χ4v) is 0.966. The second-order valence-corrected chi connectivity index (χ2v) is 2.62. The van der Waals surface area contributed by atoms with E-state index < -0.39 is 11.4 Å². The number of Topliss-reactive ketones (excluding diaryl/α,β-unsaturated/α-hetero) is 1. The first-order valence-corrected chi connectivity index (χ1v) is 3.31. The maximum absolute atomic E-state index is 11.0.